The Morgan fingerprint density at radius 3 is 2.44 bits per heavy atom. The van der Waals surface area contributed by atoms with Crippen LogP contribution in [0.4, 0.5) is 5.69 Å². The number of aryl methyl sites for hydroxylation is 1. The van der Waals surface area contributed by atoms with Gasteiger partial charge in [0.2, 0.25) is 5.90 Å². The van der Waals surface area contributed by atoms with Crippen LogP contribution in [0.25, 0.3) is 6.08 Å². The van der Waals surface area contributed by atoms with Crippen LogP contribution in [0.1, 0.15) is 27.8 Å². The molecule has 0 unspecified atom stereocenters. The zero-order valence-electron chi connectivity index (χ0n) is 17.6. The lowest BCUT2D eigenvalue weighted by molar-refractivity contribution is -0.385. The van der Waals surface area contributed by atoms with Crippen molar-refractivity contribution < 1.29 is 19.2 Å². The van der Waals surface area contributed by atoms with Crippen molar-refractivity contribution in [3.8, 4) is 5.75 Å². The molecule has 7 nitrogen and oxygen atoms in total. The number of hydrogen-bond acceptors (Lipinski definition) is 6. The Balaban J connectivity index is 1.49. The molecule has 0 saturated heterocycles. The second kappa shape index (κ2) is 8.85. The smallest absolute Gasteiger partial charge is 0.363 e. The quantitative estimate of drug-likeness (QED) is 0.235. The van der Waals surface area contributed by atoms with Gasteiger partial charge in [-0.3, -0.25) is 10.1 Å². The predicted molar refractivity (Wildman–Crippen MR) is 120 cm³/mol. The minimum atomic E-state index is -0.606. The normalized spacial score (nSPS) is 14.2. The summed E-state index contributed by atoms with van der Waals surface area (Å²) in [6.45, 7) is 4.10. The maximum Gasteiger partial charge on any atom is 0.363 e. The summed E-state index contributed by atoms with van der Waals surface area (Å²) >= 11 is 0. The summed E-state index contributed by atoms with van der Waals surface area (Å²) in [4.78, 5) is 27.2. The molecule has 160 valence electrons. The monoisotopic (exact) mass is 428 g/mol. The fourth-order valence-corrected chi connectivity index (χ4v) is 3.25. The van der Waals surface area contributed by atoms with Gasteiger partial charge in [0.15, 0.2) is 5.70 Å². The van der Waals surface area contributed by atoms with E-state index in [1.54, 1.807) is 19.1 Å². The van der Waals surface area contributed by atoms with Gasteiger partial charge in [-0.1, -0.05) is 48.0 Å². The summed E-state index contributed by atoms with van der Waals surface area (Å²) < 4.78 is 11.1. The van der Waals surface area contributed by atoms with Gasteiger partial charge in [-0.15, -0.1) is 0 Å². The summed E-state index contributed by atoms with van der Waals surface area (Å²) in [5.41, 5.74) is 3.90. The van der Waals surface area contributed by atoms with E-state index in [1.165, 1.54) is 17.7 Å². The van der Waals surface area contributed by atoms with E-state index in [2.05, 4.69) is 4.99 Å². The Morgan fingerprint density at radius 2 is 1.75 bits per heavy atom. The van der Waals surface area contributed by atoms with Crippen molar-refractivity contribution in [2.45, 2.75) is 20.5 Å². The summed E-state index contributed by atoms with van der Waals surface area (Å²) in [7, 11) is 0. The lowest BCUT2D eigenvalue weighted by Gasteiger charge is -2.07. The molecule has 0 N–H and O–H groups in total. The van der Waals surface area contributed by atoms with Crippen LogP contribution in [0.2, 0.25) is 0 Å². The van der Waals surface area contributed by atoms with Crippen LogP contribution in [0.5, 0.6) is 5.75 Å². The number of carbonyl (C=O) groups excluding carboxylic acids is 1. The van der Waals surface area contributed by atoms with Crippen molar-refractivity contribution in [2.75, 3.05) is 0 Å². The number of nitro benzene ring substituents is 1. The maximum absolute atomic E-state index is 12.3. The highest BCUT2D eigenvalue weighted by molar-refractivity contribution is 6.13. The van der Waals surface area contributed by atoms with Gasteiger partial charge < -0.3 is 9.47 Å². The number of nitrogens with zero attached hydrogens (tertiary/aromatic N) is 2. The van der Waals surface area contributed by atoms with Crippen LogP contribution in [0, 0.1) is 24.0 Å². The van der Waals surface area contributed by atoms with E-state index < -0.39 is 10.9 Å². The van der Waals surface area contributed by atoms with Crippen molar-refractivity contribution in [1.82, 2.24) is 0 Å². The van der Waals surface area contributed by atoms with Gasteiger partial charge in [-0.2, -0.15) is 0 Å². The Kier molecular flexibility index (Phi) is 5.81. The van der Waals surface area contributed by atoms with E-state index in [0.717, 1.165) is 11.1 Å². The molecule has 3 aromatic rings. The Hall–Kier alpha value is -4.26. The van der Waals surface area contributed by atoms with E-state index in [4.69, 9.17) is 9.47 Å². The summed E-state index contributed by atoms with van der Waals surface area (Å²) in [6.07, 6.45) is 1.60. The van der Waals surface area contributed by atoms with Crippen LogP contribution >= 0.6 is 0 Å². The number of esters is 1. The summed E-state index contributed by atoms with van der Waals surface area (Å²) in [6, 6.07) is 20.0. The second-order valence-corrected chi connectivity index (χ2v) is 7.39. The lowest BCUT2D eigenvalue weighted by atomic mass is 10.1. The first-order chi connectivity index (χ1) is 15.4. The molecule has 0 amide bonds. The third-order valence-electron chi connectivity index (χ3n) is 5.06. The number of ether oxygens (including phenoxy) is 2. The number of aliphatic imine (C=N–C) groups is 1. The summed E-state index contributed by atoms with van der Waals surface area (Å²) in [5.74, 6) is 0.157. The van der Waals surface area contributed by atoms with E-state index in [1.807, 2.05) is 55.5 Å². The van der Waals surface area contributed by atoms with Crippen molar-refractivity contribution in [3.63, 3.8) is 0 Å². The molecular weight excluding hydrogens is 408 g/mol. The minimum absolute atomic E-state index is 0.0556. The second-order valence-electron chi connectivity index (χ2n) is 7.39. The molecule has 32 heavy (non-hydrogen) atoms. The molecule has 0 radical (unpaired) electrons. The third-order valence-corrected chi connectivity index (χ3v) is 5.06. The average molecular weight is 428 g/mol. The average Bonchev–Trinajstić information content (AvgIpc) is 3.14. The van der Waals surface area contributed by atoms with Crippen molar-refractivity contribution in [3.05, 3.63) is 110 Å². The third kappa shape index (κ3) is 4.57. The molecule has 0 saturated carbocycles. The minimum Gasteiger partial charge on any atom is -0.489 e. The highest BCUT2D eigenvalue weighted by atomic mass is 16.6. The standard InChI is InChI=1S/C25H20N2O5/c1-16-6-8-19(9-7-16)15-31-20-12-10-18(11-13-20)14-22-25(28)32-24(26-22)21-4-3-5-23(17(21)2)27(29)30/h3-14H,15H2,1-2H3/b22-14-. The topological polar surface area (TPSA) is 91.0 Å². The molecule has 3 aromatic carbocycles. The SMILES string of the molecule is Cc1ccc(COc2ccc(/C=C3\N=C(c4cccc([N+](=O)[O-])c4C)OC3=O)cc2)cc1. The van der Waals surface area contributed by atoms with Crippen molar-refractivity contribution in [2.24, 2.45) is 4.99 Å². The molecule has 0 aliphatic carbocycles. The zero-order valence-corrected chi connectivity index (χ0v) is 17.6. The largest absolute Gasteiger partial charge is 0.489 e. The number of cyclic esters (lactones) is 1. The molecule has 0 atom stereocenters. The molecule has 7 heteroatoms. The Labute approximate surface area is 184 Å². The summed E-state index contributed by atoms with van der Waals surface area (Å²) in [5, 5.41) is 11.2. The van der Waals surface area contributed by atoms with Crippen LogP contribution in [-0.4, -0.2) is 16.8 Å². The molecule has 1 aliphatic heterocycles. The number of hydrogen-bond donors (Lipinski definition) is 0. The zero-order chi connectivity index (χ0) is 22.7. The van der Waals surface area contributed by atoms with Gasteiger partial charge in [0, 0.05) is 17.2 Å². The molecule has 0 aromatic heterocycles. The number of benzene rings is 3. The highest BCUT2D eigenvalue weighted by Crippen LogP contribution is 2.26. The molecular formula is C25H20N2O5. The van der Waals surface area contributed by atoms with E-state index >= 15 is 0 Å². The molecule has 4 rings (SSSR count). The molecule has 1 heterocycles. The van der Waals surface area contributed by atoms with Crippen molar-refractivity contribution >= 4 is 23.6 Å². The van der Waals surface area contributed by atoms with E-state index in [-0.39, 0.29) is 17.3 Å². The maximum atomic E-state index is 12.3. The van der Waals surface area contributed by atoms with Crippen LogP contribution in [0.15, 0.2) is 77.4 Å². The molecule has 0 spiro atoms. The fraction of sp³-hybridized carbons (Fsp3) is 0.120. The first kappa shape index (κ1) is 21.0. The molecule has 0 bridgehead atoms. The van der Waals surface area contributed by atoms with E-state index in [0.29, 0.717) is 23.5 Å². The van der Waals surface area contributed by atoms with Gasteiger partial charge in [-0.25, -0.2) is 9.79 Å². The van der Waals surface area contributed by atoms with Crippen LogP contribution in [0.3, 0.4) is 0 Å². The van der Waals surface area contributed by atoms with Crippen LogP contribution in [-0.2, 0) is 16.1 Å². The van der Waals surface area contributed by atoms with Gasteiger partial charge in [0.05, 0.1) is 4.92 Å². The molecule has 1 aliphatic rings. The van der Waals surface area contributed by atoms with Crippen molar-refractivity contribution in [1.29, 1.82) is 0 Å². The Morgan fingerprint density at radius 1 is 1.03 bits per heavy atom. The van der Waals surface area contributed by atoms with Gasteiger partial charge in [-0.05, 0) is 49.2 Å². The van der Waals surface area contributed by atoms with Gasteiger partial charge in [0.25, 0.3) is 5.69 Å². The number of rotatable bonds is 6. The first-order valence-corrected chi connectivity index (χ1v) is 9.96. The van der Waals surface area contributed by atoms with Gasteiger partial charge >= 0.3 is 5.97 Å². The van der Waals surface area contributed by atoms with E-state index in [9.17, 15) is 14.9 Å². The number of nitro groups is 1. The van der Waals surface area contributed by atoms with Gasteiger partial charge in [0.1, 0.15) is 12.4 Å². The predicted octanol–water partition coefficient (Wildman–Crippen LogP) is 5.14. The highest BCUT2D eigenvalue weighted by Gasteiger charge is 2.27. The Bertz CT molecular complexity index is 1240. The van der Waals surface area contributed by atoms with Crippen LogP contribution < -0.4 is 4.74 Å². The molecule has 0 fully saturated rings. The lowest BCUT2D eigenvalue weighted by Crippen LogP contribution is -2.08. The first-order valence-electron chi connectivity index (χ1n) is 9.96. The number of carbonyl (C=O) groups is 1. The fourth-order valence-electron chi connectivity index (χ4n) is 3.25.